The first-order valence-corrected chi connectivity index (χ1v) is 8.83. The van der Waals surface area contributed by atoms with Gasteiger partial charge >= 0.3 is 0 Å². The number of nitrogens with zero attached hydrogens (tertiary/aromatic N) is 3. The van der Waals surface area contributed by atoms with E-state index in [1.54, 1.807) is 6.33 Å². The molecule has 116 valence electrons. The number of hydrogen-bond donors (Lipinski definition) is 1. The quantitative estimate of drug-likeness (QED) is 0.875. The Morgan fingerprint density at radius 3 is 2.38 bits per heavy atom. The summed E-state index contributed by atoms with van der Waals surface area (Å²) in [6, 6.07) is 0.576. The van der Waals surface area contributed by atoms with Crippen LogP contribution in [0.1, 0.15) is 51.9 Å². The van der Waals surface area contributed by atoms with E-state index in [4.69, 9.17) is 0 Å². The van der Waals surface area contributed by atoms with Gasteiger partial charge in [-0.1, -0.05) is 6.92 Å². The van der Waals surface area contributed by atoms with Gasteiger partial charge in [0.25, 0.3) is 0 Å². The maximum atomic E-state index is 4.36. The molecule has 0 aromatic carbocycles. The summed E-state index contributed by atoms with van der Waals surface area (Å²) in [4.78, 5) is 4.13. The second kappa shape index (κ2) is 5.38. The molecule has 4 nitrogen and oxygen atoms in total. The van der Waals surface area contributed by atoms with Crippen molar-refractivity contribution in [2.45, 2.75) is 64.5 Å². The third-order valence-corrected chi connectivity index (χ3v) is 6.30. The molecule has 0 amide bonds. The van der Waals surface area contributed by atoms with Gasteiger partial charge in [-0.05, 0) is 74.7 Å². The summed E-state index contributed by atoms with van der Waals surface area (Å²) in [5, 5.41) is 8.23. The summed E-state index contributed by atoms with van der Waals surface area (Å²) in [6.45, 7) is 4.38. The molecule has 1 heterocycles. The lowest BCUT2D eigenvalue weighted by molar-refractivity contribution is -0.0771. The summed E-state index contributed by atoms with van der Waals surface area (Å²) in [7, 11) is 0. The Hall–Kier alpha value is -0.900. The third-order valence-electron chi connectivity index (χ3n) is 6.30. The van der Waals surface area contributed by atoms with Gasteiger partial charge in [-0.15, -0.1) is 0 Å². The van der Waals surface area contributed by atoms with E-state index in [1.165, 1.54) is 44.9 Å². The summed E-state index contributed by atoms with van der Waals surface area (Å²) in [6.07, 6.45) is 13.7. The molecule has 4 aliphatic rings. The molecule has 1 aromatic heterocycles. The Bertz CT molecular complexity index is 432. The van der Waals surface area contributed by atoms with E-state index in [-0.39, 0.29) is 0 Å². The Morgan fingerprint density at radius 2 is 1.86 bits per heavy atom. The fourth-order valence-electron chi connectivity index (χ4n) is 5.91. The Morgan fingerprint density at radius 1 is 1.19 bits per heavy atom. The van der Waals surface area contributed by atoms with Crippen molar-refractivity contribution >= 4 is 0 Å². The number of rotatable bonds is 6. The SMILES string of the molecule is CCCNC(Cn1cncn1)C12CC3CC(CC(C3)C1)C2. The van der Waals surface area contributed by atoms with Gasteiger partial charge in [0.2, 0.25) is 0 Å². The monoisotopic (exact) mass is 288 g/mol. The maximum absolute atomic E-state index is 4.36. The fourth-order valence-corrected chi connectivity index (χ4v) is 5.91. The van der Waals surface area contributed by atoms with Gasteiger partial charge in [-0.3, -0.25) is 4.68 Å². The van der Waals surface area contributed by atoms with Gasteiger partial charge in [0.1, 0.15) is 12.7 Å². The standard InChI is InChI=1S/C17H28N4/c1-2-3-19-16(10-21-12-18-11-20-21)17-7-13-4-14(8-17)6-15(5-13)9-17/h11-16,19H,2-10H2,1H3. The normalized spacial score (nSPS) is 38.8. The Kier molecular flexibility index (Phi) is 3.52. The van der Waals surface area contributed by atoms with Crippen LogP contribution < -0.4 is 5.32 Å². The van der Waals surface area contributed by atoms with Crippen LogP contribution in [0, 0.1) is 23.2 Å². The molecule has 1 unspecified atom stereocenters. The molecule has 4 heteroatoms. The van der Waals surface area contributed by atoms with Crippen LogP contribution in [0.15, 0.2) is 12.7 Å². The molecule has 0 spiro atoms. The molecule has 4 bridgehead atoms. The fraction of sp³-hybridized carbons (Fsp3) is 0.882. The largest absolute Gasteiger partial charge is 0.312 e. The molecule has 5 rings (SSSR count). The summed E-state index contributed by atoms with van der Waals surface area (Å²) >= 11 is 0. The van der Waals surface area contributed by atoms with Crippen molar-refractivity contribution in [2.24, 2.45) is 23.2 Å². The zero-order valence-electron chi connectivity index (χ0n) is 13.2. The minimum absolute atomic E-state index is 0.538. The second-order valence-corrected chi connectivity index (χ2v) is 7.90. The van der Waals surface area contributed by atoms with Crippen LogP contribution in [0.4, 0.5) is 0 Å². The first-order chi connectivity index (χ1) is 10.3. The predicted molar refractivity (Wildman–Crippen MR) is 82.7 cm³/mol. The lowest BCUT2D eigenvalue weighted by Gasteiger charge is -2.59. The molecule has 1 aromatic rings. The molecule has 21 heavy (non-hydrogen) atoms. The number of nitrogens with one attached hydrogen (secondary N) is 1. The molecule has 1 atom stereocenters. The van der Waals surface area contributed by atoms with Crippen molar-refractivity contribution in [3.05, 3.63) is 12.7 Å². The van der Waals surface area contributed by atoms with Crippen molar-refractivity contribution in [1.82, 2.24) is 20.1 Å². The van der Waals surface area contributed by atoms with Crippen molar-refractivity contribution in [3.8, 4) is 0 Å². The molecular formula is C17H28N4. The van der Waals surface area contributed by atoms with E-state index < -0.39 is 0 Å². The van der Waals surface area contributed by atoms with E-state index in [1.807, 2.05) is 11.0 Å². The van der Waals surface area contributed by atoms with E-state index >= 15 is 0 Å². The topological polar surface area (TPSA) is 42.7 Å². The molecular weight excluding hydrogens is 260 g/mol. The lowest BCUT2D eigenvalue weighted by Crippen LogP contribution is -2.57. The molecule has 0 aliphatic heterocycles. The molecule has 0 saturated heterocycles. The Balaban J connectivity index is 1.56. The minimum Gasteiger partial charge on any atom is -0.312 e. The van der Waals surface area contributed by atoms with Crippen molar-refractivity contribution in [1.29, 1.82) is 0 Å². The van der Waals surface area contributed by atoms with Crippen molar-refractivity contribution in [2.75, 3.05) is 6.54 Å². The van der Waals surface area contributed by atoms with Crippen molar-refractivity contribution < 1.29 is 0 Å². The highest BCUT2D eigenvalue weighted by Gasteiger charge is 2.54. The number of hydrogen-bond acceptors (Lipinski definition) is 3. The van der Waals surface area contributed by atoms with E-state index in [2.05, 4.69) is 22.3 Å². The predicted octanol–water partition coefficient (Wildman–Crippen LogP) is 2.86. The highest BCUT2D eigenvalue weighted by atomic mass is 15.3. The van der Waals surface area contributed by atoms with Crippen LogP contribution in [0.25, 0.3) is 0 Å². The average molecular weight is 288 g/mol. The lowest BCUT2D eigenvalue weighted by atomic mass is 9.47. The second-order valence-electron chi connectivity index (χ2n) is 7.90. The summed E-state index contributed by atoms with van der Waals surface area (Å²) < 4.78 is 2.03. The van der Waals surface area contributed by atoms with E-state index in [0.717, 1.165) is 30.8 Å². The van der Waals surface area contributed by atoms with Gasteiger partial charge in [0.05, 0.1) is 6.54 Å². The molecule has 1 N–H and O–H groups in total. The molecule has 4 saturated carbocycles. The van der Waals surface area contributed by atoms with Crippen LogP contribution in [-0.2, 0) is 6.54 Å². The van der Waals surface area contributed by atoms with Crippen molar-refractivity contribution in [3.63, 3.8) is 0 Å². The smallest absolute Gasteiger partial charge is 0.137 e. The summed E-state index contributed by atoms with van der Waals surface area (Å²) in [5.41, 5.74) is 0.538. The zero-order chi connectivity index (χ0) is 14.3. The first-order valence-electron chi connectivity index (χ1n) is 8.83. The zero-order valence-corrected chi connectivity index (χ0v) is 13.2. The summed E-state index contributed by atoms with van der Waals surface area (Å²) in [5.74, 6) is 3.04. The van der Waals surface area contributed by atoms with Gasteiger partial charge in [0.15, 0.2) is 0 Å². The van der Waals surface area contributed by atoms with Crippen LogP contribution in [0.2, 0.25) is 0 Å². The van der Waals surface area contributed by atoms with Gasteiger partial charge in [-0.25, -0.2) is 4.98 Å². The first kappa shape index (κ1) is 13.7. The number of aromatic nitrogens is 3. The molecule has 4 aliphatic carbocycles. The van der Waals surface area contributed by atoms with Crippen LogP contribution in [0.3, 0.4) is 0 Å². The molecule has 0 radical (unpaired) electrons. The highest BCUT2D eigenvalue weighted by molar-refractivity contribution is 5.06. The highest BCUT2D eigenvalue weighted by Crippen LogP contribution is 2.61. The van der Waals surface area contributed by atoms with Gasteiger partial charge in [-0.2, -0.15) is 5.10 Å². The minimum atomic E-state index is 0.538. The maximum Gasteiger partial charge on any atom is 0.137 e. The Labute approximate surface area is 127 Å². The van der Waals surface area contributed by atoms with Crippen LogP contribution in [-0.4, -0.2) is 27.4 Å². The van der Waals surface area contributed by atoms with Gasteiger partial charge < -0.3 is 5.32 Å². The van der Waals surface area contributed by atoms with Gasteiger partial charge in [0, 0.05) is 6.04 Å². The molecule has 4 fully saturated rings. The van der Waals surface area contributed by atoms with E-state index in [9.17, 15) is 0 Å². The van der Waals surface area contributed by atoms with Crippen LogP contribution >= 0.6 is 0 Å². The van der Waals surface area contributed by atoms with Crippen LogP contribution in [0.5, 0.6) is 0 Å². The van der Waals surface area contributed by atoms with E-state index in [0.29, 0.717) is 11.5 Å². The third kappa shape index (κ3) is 2.52. The average Bonchev–Trinajstić information content (AvgIpc) is 2.94.